The molecule has 17 heavy (non-hydrogen) atoms. The lowest BCUT2D eigenvalue weighted by atomic mass is 10.1. The SMILES string of the molecule is [Br-].c1ccc(C2=[S+]CCCSCCCC2)cc1. The number of rotatable bonds is 1. The van der Waals surface area contributed by atoms with Gasteiger partial charge in [0.2, 0.25) is 4.86 Å². The van der Waals surface area contributed by atoms with Crippen molar-refractivity contribution < 1.29 is 17.0 Å². The third-order valence-corrected chi connectivity index (χ3v) is 5.18. The van der Waals surface area contributed by atoms with Crippen LogP contribution in [0.25, 0.3) is 0 Å². The summed E-state index contributed by atoms with van der Waals surface area (Å²) in [4.78, 5) is 1.60. The summed E-state index contributed by atoms with van der Waals surface area (Å²) in [6, 6.07) is 10.9. The van der Waals surface area contributed by atoms with Crippen LogP contribution in [0.1, 0.15) is 31.2 Å². The van der Waals surface area contributed by atoms with E-state index in [1.165, 1.54) is 48.5 Å². The van der Waals surface area contributed by atoms with E-state index < -0.39 is 0 Å². The van der Waals surface area contributed by atoms with Gasteiger partial charge in [-0.2, -0.15) is 11.8 Å². The summed E-state index contributed by atoms with van der Waals surface area (Å²) in [5.41, 5.74) is 1.45. The number of hydrogen-bond donors (Lipinski definition) is 0. The van der Waals surface area contributed by atoms with Crippen LogP contribution in [-0.4, -0.2) is 22.1 Å². The van der Waals surface area contributed by atoms with Crippen LogP contribution in [0.4, 0.5) is 0 Å². The summed E-state index contributed by atoms with van der Waals surface area (Å²) in [5.74, 6) is 3.99. The van der Waals surface area contributed by atoms with Crippen LogP contribution in [0.2, 0.25) is 0 Å². The van der Waals surface area contributed by atoms with Crippen molar-refractivity contribution in [3.05, 3.63) is 35.9 Å². The molecule has 0 atom stereocenters. The Bertz CT molecular complexity index is 335. The van der Waals surface area contributed by atoms with Gasteiger partial charge < -0.3 is 17.0 Å². The molecule has 1 aliphatic rings. The summed E-state index contributed by atoms with van der Waals surface area (Å²) in [5, 5.41) is 0. The molecule has 2 rings (SSSR count). The molecule has 0 aromatic heterocycles. The van der Waals surface area contributed by atoms with Gasteiger partial charge in [0, 0.05) is 18.4 Å². The van der Waals surface area contributed by atoms with Crippen LogP contribution in [0.3, 0.4) is 0 Å². The number of thioether (sulfide) groups is 1. The van der Waals surface area contributed by atoms with Crippen molar-refractivity contribution in [2.24, 2.45) is 0 Å². The lowest BCUT2D eigenvalue weighted by molar-refractivity contribution is -0.00000310. The number of benzene rings is 1. The van der Waals surface area contributed by atoms with Crippen LogP contribution < -0.4 is 17.0 Å². The van der Waals surface area contributed by atoms with Crippen LogP contribution in [0.5, 0.6) is 0 Å². The normalized spacial score (nSPS) is 17.8. The quantitative estimate of drug-likeness (QED) is 0.537. The highest BCUT2D eigenvalue weighted by molar-refractivity contribution is 7.99. The van der Waals surface area contributed by atoms with E-state index >= 15 is 0 Å². The van der Waals surface area contributed by atoms with Gasteiger partial charge in [0.15, 0.2) is 17.1 Å². The Balaban J connectivity index is 0.00000144. The van der Waals surface area contributed by atoms with Crippen molar-refractivity contribution in [2.75, 3.05) is 17.3 Å². The maximum absolute atomic E-state index is 2.25. The minimum absolute atomic E-state index is 0. The lowest BCUT2D eigenvalue weighted by Crippen LogP contribution is -3.00. The second kappa shape index (κ2) is 9.12. The highest BCUT2D eigenvalue weighted by atomic mass is 79.9. The molecule has 3 heteroatoms. The molecule has 0 nitrogen and oxygen atoms in total. The maximum atomic E-state index is 2.25. The van der Waals surface area contributed by atoms with Gasteiger partial charge >= 0.3 is 0 Å². The molecule has 0 N–H and O–H groups in total. The predicted octanol–water partition coefficient (Wildman–Crippen LogP) is 0.601. The van der Waals surface area contributed by atoms with Crippen molar-refractivity contribution in [1.82, 2.24) is 0 Å². The predicted molar refractivity (Wildman–Crippen MR) is 78.6 cm³/mol. The third kappa shape index (κ3) is 5.54. The van der Waals surface area contributed by atoms with Crippen molar-refractivity contribution in [3.63, 3.8) is 0 Å². The minimum Gasteiger partial charge on any atom is -1.00 e. The monoisotopic (exact) mass is 330 g/mol. The molecule has 1 heterocycles. The molecule has 1 aromatic rings. The van der Waals surface area contributed by atoms with Crippen molar-refractivity contribution in [3.8, 4) is 0 Å². The Kier molecular flexibility index (Phi) is 8.15. The fourth-order valence-electron chi connectivity index (χ4n) is 1.87. The molecule has 1 aliphatic heterocycles. The molecule has 0 spiro atoms. The van der Waals surface area contributed by atoms with Gasteiger partial charge in [0.1, 0.15) is 0 Å². The molecule has 0 fully saturated rings. The molecule has 0 saturated heterocycles. The Hall–Kier alpha value is 0.140. The Morgan fingerprint density at radius 2 is 1.71 bits per heavy atom. The van der Waals surface area contributed by atoms with Crippen LogP contribution in [0.15, 0.2) is 30.3 Å². The number of hydrogen-bond acceptors (Lipinski definition) is 1. The number of halogens is 1. The van der Waals surface area contributed by atoms with E-state index in [2.05, 4.69) is 53.4 Å². The van der Waals surface area contributed by atoms with Gasteiger partial charge in [-0.1, -0.05) is 18.2 Å². The zero-order chi connectivity index (χ0) is 11.1. The van der Waals surface area contributed by atoms with Gasteiger partial charge in [0.05, 0.1) is 0 Å². The average Bonchev–Trinajstić information content (AvgIpc) is 2.37. The first-order chi connectivity index (χ1) is 7.97. The smallest absolute Gasteiger partial charge is 0.208 e. The second-order valence-corrected chi connectivity index (χ2v) is 6.48. The van der Waals surface area contributed by atoms with Gasteiger partial charge in [-0.3, -0.25) is 0 Å². The Labute approximate surface area is 123 Å². The van der Waals surface area contributed by atoms with E-state index in [1.54, 1.807) is 4.86 Å². The first-order valence-corrected chi connectivity index (χ1v) is 8.22. The topological polar surface area (TPSA) is 0 Å². The summed E-state index contributed by atoms with van der Waals surface area (Å²) in [6.45, 7) is 0. The van der Waals surface area contributed by atoms with Gasteiger partial charge in [0.25, 0.3) is 0 Å². The molecule has 0 aliphatic carbocycles. The molecule has 0 unspecified atom stereocenters. The van der Waals surface area contributed by atoms with Crippen LogP contribution in [0, 0.1) is 0 Å². The summed E-state index contributed by atoms with van der Waals surface area (Å²) in [7, 11) is 0. The molecule has 94 valence electrons. The van der Waals surface area contributed by atoms with Crippen molar-refractivity contribution in [1.29, 1.82) is 0 Å². The second-order valence-electron chi connectivity index (χ2n) is 4.06. The van der Waals surface area contributed by atoms with E-state index in [-0.39, 0.29) is 17.0 Å². The fraction of sp³-hybridized carbons (Fsp3) is 0.500. The van der Waals surface area contributed by atoms with Crippen LogP contribution in [-0.2, 0) is 11.4 Å². The third-order valence-electron chi connectivity index (χ3n) is 2.75. The van der Waals surface area contributed by atoms with Crippen LogP contribution >= 0.6 is 11.8 Å². The largest absolute Gasteiger partial charge is 1.00 e. The maximum Gasteiger partial charge on any atom is 0.208 e. The molecule has 0 bridgehead atoms. The highest BCUT2D eigenvalue weighted by Crippen LogP contribution is 2.13. The fourth-order valence-corrected chi connectivity index (χ4v) is 4.14. The first kappa shape index (κ1) is 15.2. The van der Waals surface area contributed by atoms with Crippen molar-refractivity contribution >= 4 is 28.0 Å². The Morgan fingerprint density at radius 3 is 2.53 bits per heavy atom. The molecule has 0 saturated carbocycles. The average molecular weight is 331 g/mol. The molecule has 1 aromatic carbocycles. The molecule has 0 amide bonds. The zero-order valence-corrected chi connectivity index (χ0v) is 13.2. The standard InChI is InChI=1S/C14H19S2.BrH/c1-2-7-13(8-3-1)14-9-4-5-10-15-11-6-12-16-14;/h1-3,7-8H,4-6,9-12H2;1H/q+1;/p-1. The van der Waals surface area contributed by atoms with Gasteiger partial charge in [-0.15, -0.1) is 0 Å². The summed E-state index contributed by atoms with van der Waals surface area (Å²) >= 11 is 4.20. The van der Waals surface area contributed by atoms with E-state index in [4.69, 9.17) is 0 Å². The highest BCUT2D eigenvalue weighted by Gasteiger charge is 2.13. The van der Waals surface area contributed by atoms with Gasteiger partial charge in [-0.05, 0) is 36.5 Å². The van der Waals surface area contributed by atoms with E-state index in [0.29, 0.717) is 0 Å². The Morgan fingerprint density at radius 1 is 0.941 bits per heavy atom. The zero-order valence-electron chi connectivity index (χ0n) is 10.0. The summed E-state index contributed by atoms with van der Waals surface area (Å²) < 4.78 is 0. The lowest BCUT2D eigenvalue weighted by Gasteiger charge is -2.02. The van der Waals surface area contributed by atoms with Crippen molar-refractivity contribution in [2.45, 2.75) is 25.7 Å². The first-order valence-electron chi connectivity index (χ1n) is 6.08. The van der Waals surface area contributed by atoms with Gasteiger partial charge in [-0.25, -0.2) is 0 Å². The summed E-state index contributed by atoms with van der Waals surface area (Å²) in [6.07, 6.45) is 5.35. The molecular formula is C14H19BrS2. The molecule has 0 radical (unpaired) electrons. The molecular weight excluding hydrogens is 312 g/mol. The van der Waals surface area contributed by atoms with E-state index in [0.717, 1.165) is 0 Å². The van der Waals surface area contributed by atoms with E-state index in [9.17, 15) is 0 Å². The van der Waals surface area contributed by atoms with E-state index in [1.807, 2.05) is 0 Å². The minimum atomic E-state index is 0.